The highest BCUT2D eigenvalue weighted by Gasteiger charge is 2.33. The van der Waals surface area contributed by atoms with Crippen LogP contribution in [0, 0.1) is 12.8 Å². The summed E-state index contributed by atoms with van der Waals surface area (Å²) < 4.78 is 28.6. The molecule has 1 N–H and O–H groups in total. The van der Waals surface area contributed by atoms with Gasteiger partial charge in [0.2, 0.25) is 11.8 Å². The number of anilines is 1. The Bertz CT molecular complexity index is 1420. The number of hydrogen-bond acceptors (Lipinski definition) is 4. The van der Waals surface area contributed by atoms with Gasteiger partial charge in [-0.15, -0.1) is 0 Å². The van der Waals surface area contributed by atoms with Crippen molar-refractivity contribution in [3.63, 3.8) is 0 Å². The van der Waals surface area contributed by atoms with Gasteiger partial charge in [-0.1, -0.05) is 79.5 Å². The van der Waals surface area contributed by atoms with Gasteiger partial charge in [0.25, 0.3) is 10.0 Å². The fourth-order valence-corrected chi connectivity index (χ4v) is 5.80. The van der Waals surface area contributed by atoms with Crippen molar-refractivity contribution in [2.75, 3.05) is 17.4 Å². The molecule has 0 radical (unpaired) electrons. The first-order valence-electron chi connectivity index (χ1n) is 12.6. The molecular formula is C29H33Cl2N3O4S. The van der Waals surface area contributed by atoms with Crippen LogP contribution in [-0.4, -0.2) is 44.3 Å². The summed E-state index contributed by atoms with van der Waals surface area (Å²) >= 11 is 12.6. The number of aryl methyl sites for hydroxylation is 1. The minimum Gasteiger partial charge on any atom is -0.354 e. The van der Waals surface area contributed by atoms with Crippen LogP contribution < -0.4 is 9.62 Å². The van der Waals surface area contributed by atoms with Crippen LogP contribution in [0.2, 0.25) is 10.0 Å². The molecule has 0 aliphatic heterocycles. The second-order valence-electron chi connectivity index (χ2n) is 9.68. The summed E-state index contributed by atoms with van der Waals surface area (Å²) in [7, 11) is -4.23. The maximum atomic E-state index is 14.0. The number of halogens is 2. The fraction of sp³-hybridized carbons (Fsp3) is 0.310. The quantitative estimate of drug-likeness (QED) is 0.311. The topological polar surface area (TPSA) is 86.8 Å². The Morgan fingerprint density at radius 2 is 1.56 bits per heavy atom. The molecule has 0 bridgehead atoms. The van der Waals surface area contributed by atoms with Gasteiger partial charge < -0.3 is 10.2 Å². The van der Waals surface area contributed by atoms with Crippen LogP contribution in [0.15, 0.2) is 77.7 Å². The first-order valence-corrected chi connectivity index (χ1v) is 14.8. The number of carbonyl (C=O) groups is 2. The number of nitrogens with zero attached hydrogens (tertiary/aromatic N) is 2. The Labute approximate surface area is 240 Å². The van der Waals surface area contributed by atoms with E-state index in [0.717, 1.165) is 15.4 Å². The molecule has 1 atom stereocenters. The van der Waals surface area contributed by atoms with E-state index in [2.05, 4.69) is 5.32 Å². The molecule has 3 aromatic rings. The molecule has 0 aliphatic rings. The monoisotopic (exact) mass is 589 g/mol. The summed E-state index contributed by atoms with van der Waals surface area (Å²) in [5.74, 6) is -0.678. The van der Waals surface area contributed by atoms with Crippen LogP contribution in [0.4, 0.5) is 5.69 Å². The van der Waals surface area contributed by atoms with E-state index < -0.39 is 28.5 Å². The number of amides is 2. The molecule has 0 fully saturated rings. The van der Waals surface area contributed by atoms with E-state index in [1.165, 1.54) is 35.2 Å². The van der Waals surface area contributed by atoms with Crippen LogP contribution in [0.25, 0.3) is 0 Å². The summed E-state index contributed by atoms with van der Waals surface area (Å²) in [5.41, 5.74) is 1.85. The Morgan fingerprint density at radius 1 is 0.923 bits per heavy atom. The van der Waals surface area contributed by atoms with Gasteiger partial charge >= 0.3 is 0 Å². The van der Waals surface area contributed by atoms with Crippen LogP contribution in [0.5, 0.6) is 0 Å². The predicted molar refractivity (Wildman–Crippen MR) is 156 cm³/mol. The minimum atomic E-state index is -4.23. The molecule has 10 heteroatoms. The zero-order valence-corrected chi connectivity index (χ0v) is 24.7. The van der Waals surface area contributed by atoms with Crippen molar-refractivity contribution in [1.29, 1.82) is 0 Å². The first kappa shape index (κ1) is 30.5. The number of hydrogen-bond donors (Lipinski definition) is 1. The van der Waals surface area contributed by atoms with Gasteiger partial charge in [0, 0.05) is 18.1 Å². The van der Waals surface area contributed by atoms with Crippen LogP contribution in [0.3, 0.4) is 0 Å². The molecule has 0 heterocycles. The molecule has 0 aliphatic carbocycles. The third-order valence-electron chi connectivity index (χ3n) is 6.24. The highest BCUT2D eigenvalue weighted by atomic mass is 35.5. The molecule has 0 saturated carbocycles. The number of benzene rings is 3. The van der Waals surface area contributed by atoms with Gasteiger partial charge in [-0.25, -0.2) is 8.42 Å². The highest BCUT2D eigenvalue weighted by molar-refractivity contribution is 7.92. The summed E-state index contributed by atoms with van der Waals surface area (Å²) in [4.78, 5) is 28.4. The number of rotatable bonds is 11. The molecule has 0 unspecified atom stereocenters. The smallest absolute Gasteiger partial charge is 0.264 e. The molecule has 39 heavy (non-hydrogen) atoms. The van der Waals surface area contributed by atoms with Crippen molar-refractivity contribution in [3.8, 4) is 0 Å². The standard InChI is InChI=1S/C29H33Cl2N3O4S/c1-20(2)17-32-29(36)22(4)33(18-23-11-9-8-10-21(23)3)28(35)19-34(27-16-24(30)14-15-26(27)31)39(37,38)25-12-6-5-7-13-25/h5-16,20,22H,17-19H2,1-4H3,(H,32,36)/t22-/m1/s1. The maximum absolute atomic E-state index is 14.0. The average molecular weight is 591 g/mol. The highest BCUT2D eigenvalue weighted by Crippen LogP contribution is 2.33. The molecule has 0 saturated heterocycles. The second-order valence-corrected chi connectivity index (χ2v) is 12.4. The average Bonchev–Trinajstić information content (AvgIpc) is 2.91. The van der Waals surface area contributed by atoms with Gasteiger partial charge in [0.15, 0.2) is 0 Å². The van der Waals surface area contributed by atoms with E-state index in [4.69, 9.17) is 23.2 Å². The Hall–Kier alpha value is -3.07. The summed E-state index contributed by atoms with van der Waals surface area (Å²) in [6, 6.07) is 18.9. The third kappa shape index (κ3) is 7.75. The Kier molecular flexibility index (Phi) is 10.4. The molecule has 208 valence electrons. The Balaban J connectivity index is 2.05. The van der Waals surface area contributed by atoms with Gasteiger partial charge in [-0.05, 0) is 61.2 Å². The van der Waals surface area contributed by atoms with Crippen molar-refractivity contribution in [2.24, 2.45) is 5.92 Å². The van der Waals surface area contributed by atoms with E-state index in [1.807, 2.05) is 45.0 Å². The van der Waals surface area contributed by atoms with Gasteiger partial charge in [-0.3, -0.25) is 13.9 Å². The van der Waals surface area contributed by atoms with E-state index in [1.54, 1.807) is 25.1 Å². The van der Waals surface area contributed by atoms with Gasteiger partial charge in [-0.2, -0.15) is 0 Å². The largest absolute Gasteiger partial charge is 0.354 e. The lowest BCUT2D eigenvalue weighted by atomic mass is 10.1. The van der Waals surface area contributed by atoms with Crippen molar-refractivity contribution < 1.29 is 18.0 Å². The summed E-state index contributed by atoms with van der Waals surface area (Å²) in [6.45, 7) is 7.47. The number of sulfonamides is 1. The minimum absolute atomic E-state index is 0.0120. The SMILES string of the molecule is Cc1ccccc1CN(C(=O)CN(c1cc(Cl)ccc1Cl)S(=O)(=O)c1ccccc1)[C@H](C)C(=O)NCC(C)C. The lowest BCUT2D eigenvalue weighted by Crippen LogP contribution is -2.51. The lowest BCUT2D eigenvalue weighted by Gasteiger charge is -2.32. The van der Waals surface area contributed by atoms with Crippen LogP contribution in [0.1, 0.15) is 31.9 Å². The third-order valence-corrected chi connectivity index (χ3v) is 8.57. The molecule has 0 aromatic heterocycles. The number of carbonyl (C=O) groups excluding carboxylic acids is 2. The van der Waals surface area contributed by atoms with Gasteiger partial charge in [0.1, 0.15) is 12.6 Å². The predicted octanol–water partition coefficient (Wildman–Crippen LogP) is 5.69. The lowest BCUT2D eigenvalue weighted by molar-refractivity contribution is -0.139. The van der Waals surface area contributed by atoms with Gasteiger partial charge in [0.05, 0.1) is 15.6 Å². The van der Waals surface area contributed by atoms with Crippen LogP contribution in [-0.2, 0) is 26.2 Å². The first-order chi connectivity index (χ1) is 18.4. The van der Waals surface area contributed by atoms with E-state index >= 15 is 0 Å². The van der Waals surface area contributed by atoms with Crippen molar-refractivity contribution >= 4 is 50.7 Å². The number of nitrogens with one attached hydrogen (secondary N) is 1. The summed E-state index contributed by atoms with van der Waals surface area (Å²) in [5, 5.41) is 3.24. The van der Waals surface area contributed by atoms with E-state index in [9.17, 15) is 18.0 Å². The summed E-state index contributed by atoms with van der Waals surface area (Å²) in [6.07, 6.45) is 0. The molecular weight excluding hydrogens is 557 g/mol. The molecule has 3 rings (SSSR count). The maximum Gasteiger partial charge on any atom is 0.264 e. The van der Waals surface area contributed by atoms with E-state index in [0.29, 0.717) is 6.54 Å². The fourth-order valence-electron chi connectivity index (χ4n) is 3.92. The van der Waals surface area contributed by atoms with Crippen molar-refractivity contribution in [3.05, 3.63) is 94.0 Å². The van der Waals surface area contributed by atoms with Crippen molar-refractivity contribution in [2.45, 2.75) is 45.2 Å². The zero-order chi connectivity index (χ0) is 28.7. The molecule has 0 spiro atoms. The second kappa shape index (κ2) is 13.3. The zero-order valence-electron chi connectivity index (χ0n) is 22.4. The normalized spacial score (nSPS) is 12.2. The van der Waals surface area contributed by atoms with Crippen molar-refractivity contribution in [1.82, 2.24) is 10.2 Å². The van der Waals surface area contributed by atoms with E-state index in [-0.39, 0.29) is 39.0 Å². The Morgan fingerprint density at radius 3 is 2.21 bits per heavy atom. The van der Waals surface area contributed by atoms with Crippen LogP contribution >= 0.6 is 23.2 Å². The molecule has 7 nitrogen and oxygen atoms in total. The molecule has 2 amide bonds. The molecule has 3 aromatic carbocycles.